The highest BCUT2D eigenvalue weighted by molar-refractivity contribution is 4.85. The number of hydrogen-bond donors (Lipinski definition) is 1. The molecule has 0 bridgehead atoms. The average Bonchev–Trinajstić information content (AvgIpc) is 2.52. The molecule has 0 aliphatic carbocycles. The lowest BCUT2D eigenvalue weighted by Crippen LogP contribution is -2.17. The molecule has 4 nitrogen and oxygen atoms in total. The second-order valence-corrected chi connectivity index (χ2v) is 2.84. The van der Waals surface area contributed by atoms with E-state index in [2.05, 4.69) is 21.4 Å². The third kappa shape index (κ3) is 3.26. The molecule has 4 heteroatoms. The number of nitrogens with zero attached hydrogens (tertiary/aromatic N) is 3. The Morgan fingerprint density at radius 2 is 2.54 bits per heavy atom. The van der Waals surface area contributed by atoms with Crippen LogP contribution in [-0.4, -0.2) is 21.3 Å². The zero-order valence-electron chi connectivity index (χ0n) is 7.82. The maximum Gasteiger partial charge on any atom is 0.146 e. The Morgan fingerprint density at radius 3 is 3.15 bits per heavy atom. The number of rotatable bonds is 5. The Labute approximate surface area is 78.4 Å². The molecule has 0 spiro atoms. The number of nitrogens with one attached hydrogen (secondary N) is 1. The Hall–Kier alpha value is -1.34. The normalized spacial score (nSPS) is 9.85. The van der Waals surface area contributed by atoms with E-state index in [1.165, 1.54) is 0 Å². The SMILES string of the molecule is C#CCCCNCc1nncn1C. The van der Waals surface area contributed by atoms with Crippen molar-refractivity contribution < 1.29 is 0 Å². The van der Waals surface area contributed by atoms with Crippen LogP contribution in [0.1, 0.15) is 18.7 Å². The van der Waals surface area contributed by atoms with E-state index in [1.54, 1.807) is 6.33 Å². The molecule has 1 heterocycles. The molecule has 0 atom stereocenters. The van der Waals surface area contributed by atoms with E-state index in [1.807, 2.05) is 11.6 Å². The monoisotopic (exact) mass is 178 g/mol. The second-order valence-electron chi connectivity index (χ2n) is 2.84. The van der Waals surface area contributed by atoms with Crippen LogP contribution in [0.15, 0.2) is 6.33 Å². The van der Waals surface area contributed by atoms with E-state index in [-0.39, 0.29) is 0 Å². The number of unbranched alkanes of at least 4 members (excludes halogenated alkanes) is 1. The summed E-state index contributed by atoms with van der Waals surface area (Å²) in [7, 11) is 1.93. The van der Waals surface area contributed by atoms with Crippen molar-refractivity contribution in [1.29, 1.82) is 0 Å². The summed E-state index contributed by atoms with van der Waals surface area (Å²) >= 11 is 0. The topological polar surface area (TPSA) is 42.7 Å². The van der Waals surface area contributed by atoms with Gasteiger partial charge >= 0.3 is 0 Å². The van der Waals surface area contributed by atoms with Crippen molar-refractivity contribution in [3.8, 4) is 12.3 Å². The molecule has 0 aliphatic heterocycles. The molecular weight excluding hydrogens is 164 g/mol. The number of aryl methyl sites for hydroxylation is 1. The van der Waals surface area contributed by atoms with Gasteiger partial charge in [-0.1, -0.05) is 0 Å². The molecule has 0 radical (unpaired) electrons. The zero-order valence-corrected chi connectivity index (χ0v) is 7.82. The first-order valence-corrected chi connectivity index (χ1v) is 4.31. The van der Waals surface area contributed by atoms with Gasteiger partial charge in [-0.05, 0) is 13.0 Å². The van der Waals surface area contributed by atoms with E-state index in [9.17, 15) is 0 Å². The Morgan fingerprint density at radius 1 is 1.69 bits per heavy atom. The van der Waals surface area contributed by atoms with Gasteiger partial charge in [0.05, 0.1) is 6.54 Å². The molecule has 0 unspecified atom stereocenters. The molecular formula is C9H14N4. The summed E-state index contributed by atoms with van der Waals surface area (Å²) in [5.41, 5.74) is 0. The van der Waals surface area contributed by atoms with Gasteiger partial charge in [0.25, 0.3) is 0 Å². The second kappa shape index (κ2) is 5.33. The highest BCUT2D eigenvalue weighted by atomic mass is 15.3. The van der Waals surface area contributed by atoms with Gasteiger partial charge in [0, 0.05) is 13.5 Å². The summed E-state index contributed by atoms with van der Waals surface area (Å²) in [4.78, 5) is 0. The largest absolute Gasteiger partial charge is 0.320 e. The summed E-state index contributed by atoms with van der Waals surface area (Å²) in [5, 5.41) is 11.0. The minimum atomic E-state index is 0.751. The fourth-order valence-corrected chi connectivity index (χ4v) is 0.983. The average molecular weight is 178 g/mol. The zero-order chi connectivity index (χ0) is 9.52. The molecule has 0 aromatic carbocycles. The molecule has 0 aliphatic rings. The fraction of sp³-hybridized carbons (Fsp3) is 0.556. The minimum Gasteiger partial charge on any atom is -0.320 e. The first kappa shape index (κ1) is 9.75. The summed E-state index contributed by atoms with van der Waals surface area (Å²) in [5.74, 6) is 3.54. The summed E-state index contributed by atoms with van der Waals surface area (Å²) in [6, 6.07) is 0. The lowest BCUT2D eigenvalue weighted by molar-refractivity contribution is 0.618. The maximum absolute atomic E-state index is 5.13. The van der Waals surface area contributed by atoms with Gasteiger partial charge < -0.3 is 9.88 Å². The van der Waals surface area contributed by atoms with Crippen LogP contribution in [0.5, 0.6) is 0 Å². The van der Waals surface area contributed by atoms with Crippen molar-refractivity contribution in [3.05, 3.63) is 12.2 Å². The third-order valence-electron chi connectivity index (χ3n) is 1.76. The Balaban J connectivity index is 2.14. The number of terminal acetylenes is 1. The molecule has 1 rings (SSSR count). The number of aromatic nitrogens is 3. The Kier molecular flexibility index (Phi) is 4.00. The lowest BCUT2D eigenvalue weighted by atomic mass is 10.3. The minimum absolute atomic E-state index is 0.751. The van der Waals surface area contributed by atoms with Crippen molar-refractivity contribution in [2.45, 2.75) is 19.4 Å². The molecule has 1 aromatic rings. The molecule has 0 amide bonds. The van der Waals surface area contributed by atoms with Crippen molar-refractivity contribution >= 4 is 0 Å². The molecule has 0 saturated heterocycles. The van der Waals surface area contributed by atoms with Crippen LogP contribution in [0.25, 0.3) is 0 Å². The maximum atomic E-state index is 5.13. The fourth-order valence-electron chi connectivity index (χ4n) is 0.983. The predicted octanol–water partition coefficient (Wildman–Crippen LogP) is 0.318. The third-order valence-corrected chi connectivity index (χ3v) is 1.76. The molecule has 70 valence electrons. The van der Waals surface area contributed by atoms with Crippen LogP contribution in [0.2, 0.25) is 0 Å². The number of hydrogen-bond acceptors (Lipinski definition) is 3. The van der Waals surface area contributed by atoms with Crippen LogP contribution in [0, 0.1) is 12.3 Å². The molecule has 13 heavy (non-hydrogen) atoms. The quantitative estimate of drug-likeness (QED) is 0.521. The van der Waals surface area contributed by atoms with E-state index in [0.29, 0.717) is 0 Å². The van der Waals surface area contributed by atoms with Crippen LogP contribution >= 0.6 is 0 Å². The van der Waals surface area contributed by atoms with Gasteiger partial charge in [0.2, 0.25) is 0 Å². The molecule has 0 fully saturated rings. The van der Waals surface area contributed by atoms with Crippen molar-refractivity contribution in [3.63, 3.8) is 0 Å². The van der Waals surface area contributed by atoms with Crippen LogP contribution in [0.4, 0.5) is 0 Å². The van der Waals surface area contributed by atoms with Crippen LogP contribution < -0.4 is 5.32 Å². The van der Waals surface area contributed by atoms with Gasteiger partial charge in [-0.15, -0.1) is 22.5 Å². The standard InChI is InChI=1S/C9H14N4/c1-3-4-5-6-10-7-9-12-11-8-13(9)2/h1,8,10H,4-7H2,2H3. The van der Waals surface area contributed by atoms with Gasteiger partial charge in [-0.2, -0.15) is 0 Å². The van der Waals surface area contributed by atoms with Crippen molar-refractivity contribution in [1.82, 2.24) is 20.1 Å². The van der Waals surface area contributed by atoms with Crippen LogP contribution in [-0.2, 0) is 13.6 Å². The van der Waals surface area contributed by atoms with Gasteiger partial charge in [-0.25, -0.2) is 0 Å². The van der Waals surface area contributed by atoms with E-state index in [4.69, 9.17) is 6.42 Å². The molecule has 1 aromatic heterocycles. The lowest BCUT2D eigenvalue weighted by Gasteiger charge is -2.01. The van der Waals surface area contributed by atoms with Gasteiger partial charge in [0.15, 0.2) is 0 Å². The van der Waals surface area contributed by atoms with E-state index >= 15 is 0 Å². The smallest absolute Gasteiger partial charge is 0.146 e. The summed E-state index contributed by atoms with van der Waals surface area (Å²) in [6.07, 6.45) is 8.65. The van der Waals surface area contributed by atoms with Gasteiger partial charge in [0.1, 0.15) is 12.2 Å². The first-order valence-electron chi connectivity index (χ1n) is 4.31. The predicted molar refractivity (Wildman–Crippen MR) is 50.8 cm³/mol. The summed E-state index contributed by atoms with van der Waals surface area (Å²) < 4.78 is 1.90. The molecule has 0 saturated carbocycles. The first-order chi connectivity index (χ1) is 6.34. The molecule has 1 N–H and O–H groups in total. The Bertz CT molecular complexity index is 284. The van der Waals surface area contributed by atoms with Gasteiger partial charge in [-0.3, -0.25) is 0 Å². The van der Waals surface area contributed by atoms with Crippen molar-refractivity contribution in [2.24, 2.45) is 7.05 Å². The van der Waals surface area contributed by atoms with E-state index in [0.717, 1.165) is 31.8 Å². The van der Waals surface area contributed by atoms with Crippen LogP contribution in [0.3, 0.4) is 0 Å². The van der Waals surface area contributed by atoms with Crippen molar-refractivity contribution in [2.75, 3.05) is 6.54 Å². The highest BCUT2D eigenvalue weighted by Gasteiger charge is 1.97. The van der Waals surface area contributed by atoms with E-state index < -0.39 is 0 Å². The summed E-state index contributed by atoms with van der Waals surface area (Å²) in [6.45, 7) is 1.68. The highest BCUT2D eigenvalue weighted by Crippen LogP contribution is 1.90.